The molecule has 1 aromatic heterocycles. The molecule has 4 rings (SSSR count). The van der Waals surface area contributed by atoms with Crippen LogP contribution in [0.5, 0.6) is 0 Å². The molecule has 2 aromatic carbocycles. The number of nitrogens with zero attached hydrogens (tertiary/aromatic N) is 2. The molecule has 0 bridgehead atoms. The summed E-state index contributed by atoms with van der Waals surface area (Å²) in [5, 5.41) is 8.47. The van der Waals surface area contributed by atoms with Crippen LogP contribution in [-0.2, 0) is 4.74 Å². The van der Waals surface area contributed by atoms with Crippen LogP contribution >= 0.6 is 0 Å². The maximum atomic E-state index is 12.9. The number of carbonyl (C=O) groups excluding carboxylic acids is 1. The van der Waals surface area contributed by atoms with E-state index < -0.39 is 0 Å². The molecule has 0 radical (unpaired) electrons. The first kappa shape index (κ1) is 16.5. The van der Waals surface area contributed by atoms with Crippen molar-refractivity contribution in [1.29, 1.82) is 0 Å². The standard InChI is InChI=1S/C20H19N3O3/c24-19(21-14-10-12-26-13-11-14)18-16-8-4-5-9-17(16)20(25)23(22-18)15-6-2-1-3-7-15/h1-9,14H,10-13H2,(H,21,24). The predicted octanol–water partition coefficient (Wildman–Crippen LogP) is 2.29. The minimum Gasteiger partial charge on any atom is -0.381 e. The van der Waals surface area contributed by atoms with E-state index in [2.05, 4.69) is 10.4 Å². The largest absolute Gasteiger partial charge is 0.381 e. The summed E-state index contributed by atoms with van der Waals surface area (Å²) >= 11 is 0. The van der Waals surface area contributed by atoms with E-state index in [4.69, 9.17) is 4.74 Å². The molecule has 1 N–H and O–H groups in total. The van der Waals surface area contributed by atoms with Gasteiger partial charge >= 0.3 is 0 Å². The van der Waals surface area contributed by atoms with E-state index >= 15 is 0 Å². The zero-order valence-electron chi connectivity index (χ0n) is 14.2. The lowest BCUT2D eigenvalue weighted by atomic mass is 10.1. The van der Waals surface area contributed by atoms with Crippen molar-refractivity contribution >= 4 is 16.7 Å². The average molecular weight is 349 g/mol. The molecule has 132 valence electrons. The number of benzene rings is 2. The average Bonchev–Trinajstić information content (AvgIpc) is 2.70. The van der Waals surface area contributed by atoms with Crippen molar-refractivity contribution in [2.45, 2.75) is 18.9 Å². The molecule has 1 saturated heterocycles. The number of para-hydroxylation sites is 1. The molecule has 6 nitrogen and oxygen atoms in total. The van der Waals surface area contributed by atoms with E-state index in [1.807, 2.05) is 24.3 Å². The number of amides is 1. The fraction of sp³-hybridized carbons (Fsp3) is 0.250. The summed E-state index contributed by atoms with van der Waals surface area (Å²) in [5.74, 6) is -0.266. The van der Waals surface area contributed by atoms with Crippen LogP contribution in [0.2, 0.25) is 0 Å². The third kappa shape index (κ3) is 3.11. The van der Waals surface area contributed by atoms with E-state index in [9.17, 15) is 9.59 Å². The van der Waals surface area contributed by atoms with E-state index in [1.54, 1.807) is 30.3 Å². The zero-order chi connectivity index (χ0) is 17.9. The number of hydrogen-bond acceptors (Lipinski definition) is 4. The van der Waals surface area contributed by atoms with Gasteiger partial charge in [0.25, 0.3) is 11.5 Å². The molecular formula is C20H19N3O3. The first-order valence-corrected chi connectivity index (χ1v) is 8.70. The predicted molar refractivity (Wildman–Crippen MR) is 98.6 cm³/mol. The van der Waals surface area contributed by atoms with Crippen molar-refractivity contribution in [2.24, 2.45) is 0 Å². The Morgan fingerprint density at radius 2 is 1.65 bits per heavy atom. The fourth-order valence-electron chi connectivity index (χ4n) is 3.20. The molecule has 1 aliphatic heterocycles. The Balaban J connectivity index is 1.81. The van der Waals surface area contributed by atoms with E-state index in [-0.39, 0.29) is 23.2 Å². The number of ether oxygens (including phenoxy) is 1. The lowest BCUT2D eigenvalue weighted by Crippen LogP contribution is -2.40. The number of nitrogens with one attached hydrogen (secondary N) is 1. The van der Waals surface area contributed by atoms with Crippen LogP contribution in [-0.4, -0.2) is 34.9 Å². The van der Waals surface area contributed by atoms with Crippen LogP contribution in [0.4, 0.5) is 0 Å². The summed E-state index contributed by atoms with van der Waals surface area (Å²) in [5.41, 5.74) is 0.647. The normalized spacial score (nSPS) is 15.1. The van der Waals surface area contributed by atoms with Crippen LogP contribution < -0.4 is 10.9 Å². The maximum absolute atomic E-state index is 12.9. The molecule has 2 heterocycles. The Labute approximate surface area is 150 Å². The second-order valence-corrected chi connectivity index (χ2v) is 6.31. The van der Waals surface area contributed by atoms with Gasteiger partial charge in [-0.3, -0.25) is 9.59 Å². The molecule has 1 amide bonds. The summed E-state index contributed by atoms with van der Waals surface area (Å²) in [7, 11) is 0. The van der Waals surface area contributed by atoms with Crippen LogP contribution in [0.15, 0.2) is 59.4 Å². The van der Waals surface area contributed by atoms with Gasteiger partial charge in [0.2, 0.25) is 0 Å². The third-order valence-corrected chi connectivity index (χ3v) is 4.58. The van der Waals surface area contributed by atoms with Gasteiger partial charge in [-0.2, -0.15) is 9.78 Å². The minimum atomic E-state index is -0.266. The highest BCUT2D eigenvalue weighted by molar-refractivity contribution is 6.05. The molecule has 0 atom stereocenters. The van der Waals surface area contributed by atoms with Crippen molar-refractivity contribution in [3.8, 4) is 5.69 Å². The van der Waals surface area contributed by atoms with Crippen molar-refractivity contribution in [3.05, 3.63) is 70.6 Å². The molecule has 26 heavy (non-hydrogen) atoms. The SMILES string of the molecule is O=C(NC1CCOCC1)c1nn(-c2ccccc2)c(=O)c2ccccc12. The molecule has 0 saturated carbocycles. The molecule has 0 spiro atoms. The van der Waals surface area contributed by atoms with Gasteiger partial charge in [0, 0.05) is 24.6 Å². The molecule has 3 aromatic rings. The Morgan fingerprint density at radius 3 is 2.38 bits per heavy atom. The molecule has 1 fully saturated rings. The highest BCUT2D eigenvalue weighted by atomic mass is 16.5. The number of carbonyl (C=O) groups is 1. The summed E-state index contributed by atoms with van der Waals surface area (Å²) in [6.45, 7) is 1.28. The lowest BCUT2D eigenvalue weighted by molar-refractivity contribution is 0.0694. The van der Waals surface area contributed by atoms with Gasteiger partial charge in [0.1, 0.15) is 0 Å². The highest BCUT2D eigenvalue weighted by Gasteiger charge is 2.21. The minimum absolute atomic E-state index is 0.0638. The number of hydrogen-bond donors (Lipinski definition) is 1. The van der Waals surface area contributed by atoms with Crippen LogP contribution in [0.1, 0.15) is 23.3 Å². The Morgan fingerprint density at radius 1 is 1.00 bits per heavy atom. The van der Waals surface area contributed by atoms with Gasteiger partial charge in [-0.05, 0) is 31.0 Å². The van der Waals surface area contributed by atoms with Gasteiger partial charge in [0.15, 0.2) is 5.69 Å². The first-order chi connectivity index (χ1) is 12.7. The fourth-order valence-corrected chi connectivity index (χ4v) is 3.20. The number of fused-ring (bicyclic) bond motifs is 1. The Hall–Kier alpha value is -2.99. The van der Waals surface area contributed by atoms with Gasteiger partial charge < -0.3 is 10.1 Å². The Bertz CT molecular complexity index is 992. The molecule has 0 unspecified atom stereocenters. The van der Waals surface area contributed by atoms with E-state index in [0.717, 1.165) is 12.8 Å². The quantitative estimate of drug-likeness (QED) is 0.787. The molecule has 6 heteroatoms. The topological polar surface area (TPSA) is 73.2 Å². The molecular weight excluding hydrogens is 330 g/mol. The van der Waals surface area contributed by atoms with Crippen molar-refractivity contribution in [3.63, 3.8) is 0 Å². The van der Waals surface area contributed by atoms with Crippen LogP contribution in [0.3, 0.4) is 0 Å². The summed E-state index contributed by atoms with van der Waals surface area (Å²) in [4.78, 5) is 25.7. The lowest BCUT2D eigenvalue weighted by Gasteiger charge is -2.23. The second-order valence-electron chi connectivity index (χ2n) is 6.31. The smallest absolute Gasteiger partial charge is 0.279 e. The van der Waals surface area contributed by atoms with Crippen molar-refractivity contribution < 1.29 is 9.53 Å². The van der Waals surface area contributed by atoms with Crippen LogP contribution in [0.25, 0.3) is 16.5 Å². The summed E-state index contributed by atoms with van der Waals surface area (Å²) < 4.78 is 6.63. The monoisotopic (exact) mass is 349 g/mol. The van der Waals surface area contributed by atoms with Crippen molar-refractivity contribution in [1.82, 2.24) is 15.1 Å². The van der Waals surface area contributed by atoms with Crippen molar-refractivity contribution in [2.75, 3.05) is 13.2 Å². The van der Waals surface area contributed by atoms with Gasteiger partial charge in [-0.25, -0.2) is 0 Å². The zero-order valence-corrected chi connectivity index (χ0v) is 14.2. The Kier molecular flexibility index (Phi) is 4.50. The van der Waals surface area contributed by atoms with E-state index in [1.165, 1.54) is 4.68 Å². The number of rotatable bonds is 3. The van der Waals surface area contributed by atoms with Gasteiger partial charge in [-0.1, -0.05) is 36.4 Å². The molecule has 0 aliphatic carbocycles. The summed E-state index contributed by atoms with van der Waals surface area (Å²) in [6.07, 6.45) is 1.56. The van der Waals surface area contributed by atoms with Crippen LogP contribution in [0, 0.1) is 0 Å². The van der Waals surface area contributed by atoms with Gasteiger partial charge in [0.05, 0.1) is 11.1 Å². The molecule has 1 aliphatic rings. The second kappa shape index (κ2) is 7.09. The summed E-state index contributed by atoms with van der Waals surface area (Å²) in [6, 6.07) is 16.3. The highest BCUT2D eigenvalue weighted by Crippen LogP contribution is 2.16. The van der Waals surface area contributed by atoms with E-state index in [0.29, 0.717) is 29.7 Å². The maximum Gasteiger partial charge on any atom is 0.279 e. The third-order valence-electron chi connectivity index (χ3n) is 4.58. The first-order valence-electron chi connectivity index (χ1n) is 8.70. The van der Waals surface area contributed by atoms with Gasteiger partial charge in [-0.15, -0.1) is 0 Å². The number of aromatic nitrogens is 2.